The second kappa shape index (κ2) is 6.99. The minimum Gasteiger partial charge on any atom is -0.398 e. The number of halogens is 1. The molecular weight excluding hydrogens is 266 g/mol. The lowest BCUT2D eigenvalue weighted by Crippen LogP contribution is -2.40. The van der Waals surface area contributed by atoms with E-state index in [1.807, 2.05) is 13.8 Å². The van der Waals surface area contributed by atoms with Crippen LogP contribution in [0, 0.1) is 0 Å². The molecule has 3 N–H and O–H groups in total. The van der Waals surface area contributed by atoms with E-state index in [1.165, 1.54) is 6.07 Å². The number of likely N-dealkylation sites (N-methyl/N-ethyl adjacent to an activating group) is 1. The first-order valence-electron chi connectivity index (χ1n) is 6.10. The molecule has 6 heteroatoms. The molecule has 0 unspecified atom stereocenters. The van der Waals surface area contributed by atoms with Crippen LogP contribution in [0.2, 0.25) is 5.02 Å². The third-order valence-corrected chi connectivity index (χ3v) is 3.11. The Kier molecular flexibility index (Phi) is 5.63. The zero-order valence-corrected chi connectivity index (χ0v) is 11.8. The summed E-state index contributed by atoms with van der Waals surface area (Å²) >= 11 is 5.84. The lowest BCUT2D eigenvalue weighted by molar-refractivity contribution is -0.129. The maximum Gasteiger partial charge on any atom is 0.251 e. The van der Waals surface area contributed by atoms with Crippen LogP contribution in [0.4, 0.5) is 5.69 Å². The van der Waals surface area contributed by atoms with Gasteiger partial charge in [-0.1, -0.05) is 11.6 Å². The Morgan fingerprint density at radius 1 is 1.32 bits per heavy atom. The van der Waals surface area contributed by atoms with Crippen LogP contribution in [0.25, 0.3) is 0 Å². The van der Waals surface area contributed by atoms with Gasteiger partial charge in [0.15, 0.2) is 0 Å². The second-order valence-corrected chi connectivity index (χ2v) is 4.39. The lowest BCUT2D eigenvalue weighted by atomic mass is 10.2. The molecule has 0 spiro atoms. The zero-order valence-electron chi connectivity index (χ0n) is 11.1. The molecule has 0 aliphatic carbocycles. The summed E-state index contributed by atoms with van der Waals surface area (Å²) < 4.78 is 0. The molecule has 0 radical (unpaired) electrons. The molecule has 0 fully saturated rings. The molecule has 0 atom stereocenters. The van der Waals surface area contributed by atoms with E-state index in [-0.39, 0.29) is 18.4 Å². The average Bonchev–Trinajstić information content (AvgIpc) is 2.40. The van der Waals surface area contributed by atoms with Crippen molar-refractivity contribution in [1.82, 2.24) is 10.2 Å². The smallest absolute Gasteiger partial charge is 0.251 e. The number of nitrogens with one attached hydrogen (secondary N) is 1. The number of hydrogen-bond donors (Lipinski definition) is 2. The second-order valence-electron chi connectivity index (χ2n) is 3.98. The summed E-state index contributed by atoms with van der Waals surface area (Å²) in [7, 11) is 0. The molecule has 104 valence electrons. The van der Waals surface area contributed by atoms with E-state index in [9.17, 15) is 9.59 Å². The highest BCUT2D eigenvalue weighted by Crippen LogP contribution is 2.19. The summed E-state index contributed by atoms with van der Waals surface area (Å²) in [6, 6.07) is 4.61. The van der Waals surface area contributed by atoms with Gasteiger partial charge < -0.3 is 16.0 Å². The molecule has 2 amide bonds. The van der Waals surface area contributed by atoms with Gasteiger partial charge in [-0.15, -0.1) is 0 Å². The van der Waals surface area contributed by atoms with E-state index in [0.29, 0.717) is 29.4 Å². The van der Waals surface area contributed by atoms with Crippen molar-refractivity contribution in [3.63, 3.8) is 0 Å². The minimum absolute atomic E-state index is 0.0253. The summed E-state index contributed by atoms with van der Waals surface area (Å²) in [6.45, 7) is 5.01. The normalized spacial score (nSPS) is 10.1. The third kappa shape index (κ3) is 4.13. The van der Waals surface area contributed by atoms with Crippen molar-refractivity contribution in [2.45, 2.75) is 13.8 Å². The number of nitrogens with two attached hydrogens (primary N) is 1. The monoisotopic (exact) mass is 283 g/mol. The summed E-state index contributed by atoms with van der Waals surface area (Å²) in [5, 5.41) is 2.89. The van der Waals surface area contributed by atoms with Gasteiger partial charge >= 0.3 is 0 Å². The third-order valence-electron chi connectivity index (χ3n) is 2.78. The van der Waals surface area contributed by atoms with E-state index >= 15 is 0 Å². The van der Waals surface area contributed by atoms with Crippen molar-refractivity contribution in [2.75, 3.05) is 25.4 Å². The van der Waals surface area contributed by atoms with Crippen LogP contribution < -0.4 is 11.1 Å². The fourth-order valence-electron chi connectivity index (χ4n) is 1.61. The molecular formula is C13H18ClN3O2. The number of anilines is 1. The van der Waals surface area contributed by atoms with E-state index in [0.717, 1.165) is 0 Å². The predicted octanol–water partition coefficient (Wildman–Crippen LogP) is 1.52. The number of nitrogen functional groups attached to an aromatic ring is 1. The zero-order chi connectivity index (χ0) is 14.4. The first kappa shape index (κ1) is 15.3. The van der Waals surface area contributed by atoms with Gasteiger partial charge in [-0.3, -0.25) is 9.59 Å². The van der Waals surface area contributed by atoms with Crippen molar-refractivity contribution >= 4 is 29.1 Å². The molecule has 0 saturated heterocycles. The first-order valence-corrected chi connectivity index (χ1v) is 6.48. The van der Waals surface area contributed by atoms with Gasteiger partial charge in [0.25, 0.3) is 5.91 Å². The molecule has 0 aliphatic rings. The van der Waals surface area contributed by atoms with Crippen molar-refractivity contribution in [2.24, 2.45) is 0 Å². The van der Waals surface area contributed by atoms with E-state index in [1.54, 1.807) is 17.0 Å². The quantitative estimate of drug-likeness (QED) is 0.805. The number of rotatable bonds is 5. The minimum atomic E-state index is -0.345. The van der Waals surface area contributed by atoms with E-state index in [2.05, 4.69) is 5.32 Å². The average molecular weight is 284 g/mol. The summed E-state index contributed by atoms with van der Waals surface area (Å²) in [6.07, 6.45) is 0. The molecule has 0 aromatic heterocycles. The largest absolute Gasteiger partial charge is 0.398 e. The number of amides is 2. The van der Waals surface area contributed by atoms with Crippen LogP contribution >= 0.6 is 11.6 Å². The van der Waals surface area contributed by atoms with Crippen molar-refractivity contribution in [3.05, 3.63) is 28.8 Å². The molecule has 1 aromatic carbocycles. The van der Waals surface area contributed by atoms with Gasteiger partial charge in [0.1, 0.15) is 0 Å². The van der Waals surface area contributed by atoms with Crippen molar-refractivity contribution in [1.29, 1.82) is 0 Å². The van der Waals surface area contributed by atoms with Gasteiger partial charge in [0, 0.05) is 18.7 Å². The standard InChI is InChI=1S/C13H18ClN3O2/c1-3-17(4-2)12(18)8-16-13(19)9-5-6-11(15)10(14)7-9/h5-7H,3-4,8,15H2,1-2H3,(H,16,19). The fraction of sp³-hybridized carbons (Fsp3) is 0.385. The Morgan fingerprint density at radius 3 is 2.47 bits per heavy atom. The fourth-order valence-corrected chi connectivity index (χ4v) is 1.79. The molecule has 19 heavy (non-hydrogen) atoms. The molecule has 1 rings (SSSR count). The predicted molar refractivity (Wildman–Crippen MR) is 76.1 cm³/mol. The number of hydrogen-bond acceptors (Lipinski definition) is 3. The molecule has 0 bridgehead atoms. The maximum atomic E-state index is 11.8. The first-order chi connectivity index (χ1) is 8.99. The number of benzene rings is 1. The van der Waals surface area contributed by atoms with Crippen LogP contribution in [-0.4, -0.2) is 36.3 Å². The highest BCUT2D eigenvalue weighted by molar-refractivity contribution is 6.33. The SMILES string of the molecule is CCN(CC)C(=O)CNC(=O)c1ccc(N)c(Cl)c1. The van der Waals surface area contributed by atoms with Crippen LogP contribution in [-0.2, 0) is 4.79 Å². The Hall–Kier alpha value is -1.75. The van der Waals surface area contributed by atoms with Gasteiger partial charge in [0.2, 0.25) is 5.91 Å². The van der Waals surface area contributed by atoms with Gasteiger partial charge in [0.05, 0.1) is 17.3 Å². The topological polar surface area (TPSA) is 75.4 Å². The Morgan fingerprint density at radius 2 is 1.95 bits per heavy atom. The number of carbonyl (C=O) groups is 2. The van der Waals surface area contributed by atoms with E-state index < -0.39 is 0 Å². The number of carbonyl (C=O) groups excluding carboxylic acids is 2. The Balaban J connectivity index is 2.60. The Labute approximate surface area is 117 Å². The highest BCUT2D eigenvalue weighted by Gasteiger charge is 2.12. The number of nitrogens with zero attached hydrogens (tertiary/aromatic N) is 1. The molecule has 0 heterocycles. The molecule has 1 aromatic rings. The van der Waals surface area contributed by atoms with Crippen LogP contribution in [0.5, 0.6) is 0 Å². The van der Waals surface area contributed by atoms with Crippen LogP contribution in [0.3, 0.4) is 0 Å². The van der Waals surface area contributed by atoms with Crippen molar-refractivity contribution in [3.8, 4) is 0 Å². The molecule has 0 saturated carbocycles. The van der Waals surface area contributed by atoms with Gasteiger partial charge in [-0.05, 0) is 32.0 Å². The van der Waals surface area contributed by atoms with Crippen LogP contribution in [0.15, 0.2) is 18.2 Å². The van der Waals surface area contributed by atoms with Crippen LogP contribution in [0.1, 0.15) is 24.2 Å². The molecule has 0 aliphatic heterocycles. The lowest BCUT2D eigenvalue weighted by Gasteiger charge is -2.18. The molecule has 5 nitrogen and oxygen atoms in total. The summed E-state index contributed by atoms with van der Waals surface area (Å²) in [5.74, 6) is -0.456. The summed E-state index contributed by atoms with van der Waals surface area (Å²) in [5.41, 5.74) is 6.36. The van der Waals surface area contributed by atoms with Gasteiger partial charge in [-0.25, -0.2) is 0 Å². The summed E-state index contributed by atoms with van der Waals surface area (Å²) in [4.78, 5) is 25.2. The van der Waals surface area contributed by atoms with Crippen molar-refractivity contribution < 1.29 is 9.59 Å². The Bertz CT molecular complexity index is 473. The van der Waals surface area contributed by atoms with E-state index in [4.69, 9.17) is 17.3 Å². The highest BCUT2D eigenvalue weighted by atomic mass is 35.5. The van der Waals surface area contributed by atoms with Gasteiger partial charge in [-0.2, -0.15) is 0 Å². The maximum absolute atomic E-state index is 11.8.